The molecule has 2 aromatic carbocycles. The van der Waals surface area contributed by atoms with Crippen molar-refractivity contribution in [3.63, 3.8) is 0 Å². The van der Waals surface area contributed by atoms with Crippen LogP contribution in [-0.4, -0.2) is 6.61 Å². The molecule has 2 aromatic rings. The second kappa shape index (κ2) is 6.13. The summed E-state index contributed by atoms with van der Waals surface area (Å²) in [6, 6.07) is 10.7. The molecule has 1 aliphatic heterocycles. The summed E-state index contributed by atoms with van der Waals surface area (Å²) >= 11 is 3.46. The fourth-order valence-electron chi connectivity index (χ4n) is 2.62. The third kappa shape index (κ3) is 3.10. The van der Waals surface area contributed by atoms with Gasteiger partial charge >= 0.3 is 0 Å². The number of benzene rings is 2. The van der Waals surface area contributed by atoms with E-state index in [0.717, 1.165) is 34.4 Å². The fourth-order valence-corrected chi connectivity index (χ4v) is 3.02. The molecule has 0 radical (unpaired) electrons. The number of hydrazine groups is 1. The first-order valence-corrected chi connectivity index (χ1v) is 7.62. The summed E-state index contributed by atoms with van der Waals surface area (Å²) < 4.78 is 19.8. The van der Waals surface area contributed by atoms with E-state index in [1.54, 1.807) is 6.07 Å². The van der Waals surface area contributed by atoms with E-state index in [4.69, 9.17) is 10.6 Å². The van der Waals surface area contributed by atoms with Crippen LogP contribution in [0.25, 0.3) is 0 Å². The van der Waals surface area contributed by atoms with Gasteiger partial charge in [-0.15, -0.1) is 0 Å². The molecule has 1 unspecified atom stereocenters. The van der Waals surface area contributed by atoms with Crippen molar-refractivity contribution in [2.75, 3.05) is 6.61 Å². The predicted molar refractivity (Wildman–Crippen MR) is 83.5 cm³/mol. The van der Waals surface area contributed by atoms with Crippen molar-refractivity contribution in [3.8, 4) is 5.75 Å². The molecule has 1 heterocycles. The maximum absolute atomic E-state index is 13.4. The lowest BCUT2D eigenvalue weighted by Crippen LogP contribution is -2.29. The van der Waals surface area contributed by atoms with Gasteiger partial charge in [-0.1, -0.05) is 28.1 Å². The second-order valence-electron chi connectivity index (χ2n) is 5.12. The number of nitrogens with one attached hydrogen (secondary N) is 1. The van der Waals surface area contributed by atoms with Crippen molar-refractivity contribution >= 4 is 15.9 Å². The molecular weight excluding hydrogens is 335 g/mol. The van der Waals surface area contributed by atoms with E-state index in [1.807, 2.05) is 12.1 Å². The maximum atomic E-state index is 13.4. The Hall–Kier alpha value is -1.43. The molecule has 0 bridgehead atoms. The van der Waals surface area contributed by atoms with Gasteiger partial charge in [0.1, 0.15) is 11.6 Å². The molecule has 1 aliphatic rings. The summed E-state index contributed by atoms with van der Waals surface area (Å²) in [5, 5.41) is 0. The molecule has 0 saturated heterocycles. The number of nitrogens with two attached hydrogens (primary N) is 1. The predicted octanol–water partition coefficient (Wildman–Crippen LogP) is 3.27. The Morgan fingerprint density at radius 3 is 2.95 bits per heavy atom. The number of hydrogen-bond donors (Lipinski definition) is 2. The van der Waals surface area contributed by atoms with Crippen molar-refractivity contribution in [1.82, 2.24) is 5.43 Å². The van der Waals surface area contributed by atoms with Crippen molar-refractivity contribution in [2.45, 2.75) is 18.9 Å². The van der Waals surface area contributed by atoms with E-state index in [1.165, 1.54) is 17.7 Å². The number of rotatable bonds is 4. The SMILES string of the molecule is NNC(Cc1cc(F)ccc1Br)c1ccc2c(c1)CCO2. The molecule has 0 aromatic heterocycles. The molecular formula is C16H16BrFN2O. The Bertz CT molecular complexity index is 663. The highest BCUT2D eigenvalue weighted by Gasteiger charge is 2.17. The molecule has 21 heavy (non-hydrogen) atoms. The third-order valence-electron chi connectivity index (χ3n) is 3.75. The van der Waals surface area contributed by atoms with Crippen LogP contribution in [0.15, 0.2) is 40.9 Å². The topological polar surface area (TPSA) is 47.3 Å². The van der Waals surface area contributed by atoms with Gasteiger partial charge in [0.05, 0.1) is 12.6 Å². The van der Waals surface area contributed by atoms with E-state index in [0.29, 0.717) is 6.42 Å². The van der Waals surface area contributed by atoms with Crippen LogP contribution in [0.3, 0.4) is 0 Å². The average Bonchev–Trinajstić information content (AvgIpc) is 2.95. The standard InChI is InChI=1S/C16H16BrFN2O/c17-14-3-2-13(18)8-12(14)9-15(20-19)10-1-4-16-11(7-10)5-6-21-16/h1-4,7-8,15,20H,5-6,9,19H2. The quantitative estimate of drug-likeness (QED) is 0.657. The molecule has 3 nitrogen and oxygen atoms in total. The zero-order valence-corrected chi connectivity index (χ0v) is 13.0. The summed E-state index contributed by atoms with van der Waals surface area (Å²) in [6.45, 7) is 0.731. The molecule has 0 fully saturated rings. The smallest absolute Gasteiger partial charge is 0.123 e. The minimum atomic E-state index is -0.244. The van der Waals surface area contributed by atoms with Crippen molar-refractivity contribution in [3.05, 3.63) is 63.4 Å². The number of hydrogen-bond acceptors (Lipinski definition) is 3. The number of ether oxygens (including phenoxy) is 1. The zero-order chi connectivity index (χ0) is 14.8. The van der Waals surface area contributed by atoms with Gasteiger partial charge in [-0.25, -0.2) is 4.39 Å². The average molecular weight is 351 g/mol. The lowest BCUT2D eigenvalue weighted by molar-refractivity contribution is 0.356. The number of halogens is 2. The minimum absolute atomic E-state index is 0.0750. The Kier molecular flexibility index (Phi) is 4.24. The summed E-state index contributed by atoms with van der Waals surface area (Å²) in [4.78, 5) is 0. The van der Waals surface area contributed by atoms with Crippen LogP contribution in [0.2, 0.25) is 0 Å². The molecule has 0 aliphatic carbocycles. The minimum Gasteiger partial charge on any atom is -0.493 e. The summed E-state index contributed by atoms with van der Waals surface area (Å²) in [7, 11) is 0. The van der Waals surface area contributed by atoms with E-state index >= 15 is 0 Å². The van der Waals surface area contributed by atoms with Crippen LogP contribution in [0.5, 0.6) is 5.75 Å². The summed E-state index contributed by atoms with van der Waals surface area (Å²) in [5.41, 5.74) is 5.99. The van der Waals surface area contributed by atoms with Gasteiger partial charge < -0.3 is 4.74 Å². The van der Waals surface area contributed by atoms with Crippen LogP contribution in [0.1, 0.15) is 22.7 Å². The van der Waals surface area contributed by atoms with Gasteiger partial charge in [-0.3, -0.25) is 11.3 Å². The van der Waals surface area contributed by atoms with E-state index in [9.17, 15) is 4.39 Å². The molecule has 5 heteroatoms. The molecule has 0 amide bonds. The lowest BCUT2D eigenvalue weighted by atomic mass is 9.97. The molecule has 0 saturated carbocycles. The highest BCUT2D eigenvalue weighted by molar-refractivity contribution is 9.10. The largest absolute Gasteiger partial charge is 0.493 e. The van der Waals surface area contributed by atoms with Gasteiger partial charge in [0.15, 0.2) is 0 Å². The monoisotopic (exact) mass is 350 g/mol. The first-order valence-electron chi connectivity index (χ1n) is 6.83. The summed E-state index contributed by atoms with van der Waals surface area (Å²) in [6.07, 6.45) is 1.53. The van der Waals surface area contributed by atoms with Crippen molar-refractivity contribution in [2.24, 2.45) is 5.84 Å². The Morgan fingerprint density at radius 2 is 2.14 bits per heavy atom. The first-order chi connectivity index (χ1) is 10.2. The molecule has 3 N–H and O–H groups in total. The van der Waals surface area contributed by atoms with E-state index in [2.05, 4.69) is 27.4 Å². The Balaban J connectivity index is 1.86. The van der Waals surface area contributed by atoms with E-state index < -0.39 is 0 Å². The van der Waals surface area contributed by atoms with Crippen LogP contribution >= 0.6 is 15.9 Å². The molecule has 0 spiro atoms. The van der Waals surface area contributed by atoms with Gasteiger partial charge in [-0.2, -0.15) is 0 Å². The van der Waals surface area contributed by atoms with Crippen molar-refractivity contribution < 1.29 is 9.13 Å². The lowest BCUT2D eigenvalue weighted by Gasteiger charge is -2.18. The van der Waals surface area contributed by atoms with Gasteiger partial charge in [0.25, 0.3) is 0 Å². The van der Waals surface area contributed by atoms with E-state index in [-0.39, 0.29) is 11.9 Å². The van der Waals surface area contributed by atoms with Crippen LogP contribution in [0.4, 0.5) is 4.39 Å². The van der Waals surface area contributed by atoms with Crippen molar-refractivity contribution in [1.29, 1.82) is 0 Å². The Morgan fingerprint density at radius 1 is 1.29 bits per heavy atom. The van der Waals surface area contributed by atoms with Gasteiger partial charge in [0, 0.05) is 10.9 Å². The Labute approximate surface area is 131 Å². The van der Waals surface area contributed by atoms with Crippen LogP contribution < -0.4 is 16.0 Å². The number of fused-ring (bicyclic) bond motifs is 1. The zero-order valence-electron chi connectivity index (χ0n) is 11.4. The van der Waals surface area contributed by atoms with Crippen LogP contribution in [0, 0.1) is 5.82 Å². The highest BCUT2D eigenvalue weighted by atomic mass is 79.9. The molecule has 1 atom stereocenters. The molecule has 110 valence electrons. The molecule has 3 rings (SSSR count). The second-order valence-corrected chi connectivity index (χ2v) is 5.98. The van der Waals surface area contributed by atoms with Crippen LogP contribution in [-0.2, 0) is 12.8 Å². The van der Waals surface area contributed by atoms with Gasteiger partial charge in [-0.05, 0) is 47.4 Å². The normalized spacial score (nSPS) is 14.6. The fraction of sp³-hybridized carbons (Fsp3) is 0.250. The summed E-state index contributed by atoms with van der Waals surface area (Å²) in [5.74, 6) is 6.40. The maximum Gasteiger partial charge on any atom is 0.123 e. The first kappa shape index (κ1) is 14.5. The third-order valence-corrected chi connectivity index (χ3v) is 4.52. The highest BCUT2D eigenvalue weighted by Crippen LogP contribution is 2.30. The van der Waals surface area contributed by atoms with Gasteiger partial charge in [0.2, 0.25) is 0 Å².